The van der Waals surface area contributed by atoms with E-state index in [9.17, 15) is 14.9 Å². The molecule has 3 aromatic rings. The molecule has 1 saturated heterocycles. The molecule has 1 heterocycles. The van der Waals surface area contributed by atoms with Crippen molar-refractivity contribution < 1.29 is 9.59 Å². The maximum absolute atomic E-state index is 13.4. The van der Waals surface area contributed by atoms with E-state index in [-0.39, 0.29) is 11.5 Å². The lowest BCUT2D eigenvalue weighted by Gasteiger charge is -2.18. The van der Waals surface area contributed by atoms with Crippen molar-refractivity contribution in [1.29, 1.82) is 5.26 Å². The fraction of sp³-hybridized carbons (Fsp3) is 0.0800. The van der Waals surface area contributed by atoms with Gasteiger partial charge in [0.15, 0.2) is 0 Å². The Morgan fingerprint density at radius 3 is 2.18 bits per heavy atom. The highest BCUT2D eigenvalue weighted by molar-refractivity contribution is 8.05. The standard InChI is InChI=1S/C25H17Cl2N3O2S/c26-17-8-6-16(7-9-17)14-22-24(32)30(20-4-2-1-3-5-20)25(33-22)21(15-28)23(31)29-19-12-10-18(27)11-13-19/h1-13,22H,14H2,(H,29,31)/b25-21-/t22-/m1/s1. The third-order valence-electron chi connectivity index (χ3n) is 4.96. The van der Waals surface area contributed by atoms with Gasteiger partial charge in [-0.15, -0.1) is 0 Å². The number of para-hydroxylation sites is 1. The topological polar surface area (TPSA) is 73.2 Å². The molecule has 2 amide bonds. The number of hydrogen-bond donors (Lipinski definition) is 1. The predicted molar refractivity (Wildman–Crippen MR) is 133 cm³/mol. The Kier molecular flexibility index (Phi) is 7.05. The highest BCUT2D eigenvalue weighted by Gasteiger charge is 2.40. The van der Waals surface area contributed by atoms with Crippen molar-refractivity contribution >= 4 is 58.2 Å². The predicted octanol–water partition coefficient (Wildman–Crippen LogP) is 6.06. The van der Waals surface area contributed by atoms with E-state index in [1.165, 1.54) is 16.7 Å². The van der Waals surface area contributed by atoms with E-state index in [2.05, 4.69) is 5.32 Å². The first-order valence-electron chi connectivity index (χ1n) is 9.97. The zero-order valence-electron chi connectivity index (χ0n) is 17.2. The molecule has 0 radical (unpaired) electrons. The Balaban J connectivity index is 1.70. The molecule has 1 aliphatic heterocycles. The van der Waals surface area contributed by atoms with E-state index in [0.29, 0.717) is 32.9 Å². The van der Waals surface area contributed by atoms with Crippen LogP contribution in [0.2, 0.25) is 10.0 Å². The van der Waals surface area contributed by atoms with Crippen LogP contribution >= 0.6 is 35.0 Å². The van der Waals surface area contributed by atoms with Gasteiger partial charge in [0.25, 0.3) is 5.91 Å². The van der Waals surface area contributed by atoms with Crippen LogP contribution in [0.3, 0.4) is 0 Å². The highest BCUT2D eigenvalue weighted by atomic mass is 35.5. The fourth-order valence-electron chi connectivity index (χ4n) is 3.36. The van der Waals surface area contributed by atoms with Crippen molar-refractivity contribution in [3.63, 3.8) is 0 Å². The van der Waals surface area contributed by atoms with Crippen LogP contribution < -0.4 is 10.2 Å². The van der Waals surface area contributed by atoms with Crippen molar-refractivity contribution in [3.8, 4) is 6.07 Å². The normalized spacial score (nSPS) is 16.9. The zero-order chi connectivity index (χ0) is 23.4. The van der Waals surface area contributed by atoms with Gasteiger partial charge in [-0.2, -0.15) is 5.26 Å². The van der Waals surface area contributed by atoms with Crippen LogP contribution in [0.4, 0.5) is 11.4 Å². The van der Waals surface area contributed by atoms with E-state index in [1.807, 2.05) is 24.3 Å². The number of carbonyl (C=O) groups is 2. The molecule has 0 aliphatic carbocycles. The summed E-state index contributed by atoms with van der Waals surface area (Å²) in [6.07, 6.45) is 0.436. The zero-order valence-corrected chi connectivity index (χ0v) is 19.5. The maximum Gasteiger partial charge on any atom is 0.269 e. The average molecular weight is 494 g/mol. The second-order valence-corrected chi connectivity index (χ2v) is 9.26. The molecule has 1 N–H and O–H groups in total. The number of anilines is 2. The van der Waals surface area contributed by atoms with Crippen molar-refractivity contribution in [1.82, 2.24) is 0 Å². The van der Waals surface area contributed by atoms with E-state index in [1.54, 1.807) is 60.7 Å². The number of nitrogens with zero attached hydrogens (tertiary/aromatic N) is 2. The third-order valence-corrected chi connectivity index (χ3v) is 6.72. The van der Waals surface area contributed by atoms with E-state index in [0.717, 1.165) is 5.56 Å². The molecule has 8 heteroatoms. The number of thioether (sulfide) groups is 1. The number of rotatable bonds is 5. The van der Waals surface area contributed by atoms with Crippen molar-refractivity contribution in [2.45, 2.75) is 11.7 Å². The molecule has 1 fully saturated rings. The number of hydrogen-bond acceptors (Lipinski definition) is 4. The second kappa shape index (κ2) is 10.1. The van der Waals surface area contributed by atoms with Gasteiger partial charge in [0.05, 0.1) is 5.25 Å². The molecule has 0 saturated carbocycles. The largest absolute Gasteiger partial charge is 0.321 e. The fourth-order valence-corrected chi connectivity index (χ4v) is 4.92. The number of carbonyl (C=O) groups excluding carboxylic acids is 2. The summed E-state index contributed by atoms with van der Waals surface area (Å²) in [5.74, 6) is -0.786. The smallest absolute Gasteiger partial charge is 0.269 e. The Hall–Kier alpha value is -3.24. The first-order valence-corrected chi connectivity index (χ1v) is 11.6. The number of amides is 2. The Morgan fingerprint density at radius 2 is 1.58 bits per heavy atom. The SMILES string of the molecule is N#C/C(C(=O)Nc1ccc(Cl)cc1)=C1/S[C@H](Cc2ccc(Cl)cc2)C(=O)N1c1ccccc1. The summed E-state index contributed by atoms with van der Waals surface area (Å²) in [6, 6.07) is 24.8. The van der Waals surface area contributed by atoms with Gasteiger partial charge in [0.2, 0.25) is 5.91 Å². The van der Waals surface area contributed by atoms with Gasteiger partial charge in [-0.1, -0.05) is 65.3 Å². The van der Waals surface area contributed by atoms with E-state index < -0.39 is 11.2 Å². The van der Waals surface area contributed by atoms with Gasteiger partial charge in [-0.3, -0.25) is 14.5 Å². The molecule has 164 valence electrons. The maximum atomic E-state index is 13.4. The molecule has 3 aromatic carbocycles. The van der Waals surface area contributed by atoms with Gasteiger partial charge < -0.3 is 5.32 Å². The molecular formula is C25H17Cl2N3O2S. The Bertz CT molecular complexity index is 1250. The second-order valence-electron chi connectivity index (χ2n) is 7.20. The quantitative estimate of drug-likeness (QED) is 0.346. The molecule has 0 unspecified atom stereocenters. The molecule has 0 bridgehead atoms. The molecule has 0 aromatic heterocycles. The number of halogens is 2. The minimum Gasteiger partial charge on any atom is -0.321 e. The number of nitrogens with one attached hydrogen (secondary N) is 1. The lowest BCUT2D eigenvalue weighted by atomic mass is 10.1. The summed E-state index contributed by atoms with van der Waals surface area (Å²) in [6.45, 7) is 0. The minimum absolute atomic E-state index is 0.134. The summed E-state index contributed by atoms with van der Waals surface area (Å²) in [5, 5.41) is 13.5. The molecule has 0 spiro atoms. The molecule has 5 nitrogen and oxygen atoms in total. The van der Waals surface area contributed by atoms with Gasteiger partial charge in [0, 0.05) is 21.4 Å². The summed E-state index contributed by atoms with van der Waals surface area (Å²) >= 11 is 13.1. The van der Waals surface area contributed by atoms with Crippen molar-refractivity contribution in [2.24, 2.45) is 0 Å². The number of benzene rings is 3. The summed E-state index contributed by atoms with van der Waals surface area (Å²) in [4.78, 5) is 27.9. The molecule has 33 heavy (non-hydrogen) atoms. The lowest BCUT2D eigenvalue weighted by molar-refractivity contribution is -0.117. The monoisotopic (exact) mass is 493 g/mol. The Morgan fingerprint density at radius 1 is 0.970 bits per heavy atom. The first-order chi connectivity index (χ1) is 16.0. The lowest BCUT2D eigenvalue weighted by Crippen LogP contribution is -2.30. The van der Waals surface area contributed by atoms with Crippen molar-refractivity contribution in [3.05, 3.63) is 105 Å². The highest BCUT2D eigenvalue weighted by Crippen LogP contribution is 2.42. The van der Waals surface area contributed by atoms with Crippen LogP contribution in [0, 0.1) is 11.3 Å². The molecular weight excluding hydrogens is 477 g/mol. The van der Waals surface area contributed by atoms with Gasteiger partial charge >= 0.3 is 0 Å². The third kappa shape index (κ3) is 5.23. The number of nitriles is 1. The van der Waals surface area contributed by atoms with Crippen LogP contribution in [-0.2, 0) is 16.0 Å². The van der Waals surface area contributed by atoms with Crippen LogP contribution in [0.15, 0.2) is 89.5 Å². The van der Waals surface area contributed by atoms with Gasteiger partial charge in [0.1, 0.15) is 16.7 Å². The van der Waals surface area contributed by atoms with E-state index >= 15 is 0 Å². The summed E-state index contributed by atoms with van der Waals surface area (Å²) in [7, 11) is 0. The van der Waals surface area contributed by atoms with Crippen molar-refractivity contribution in [2.75, 3.05) is 10.2 Å². The van der Waals surface area contributed by atoms with Crippen LogP contribution in [0.25, 0.3) is 0 Å². The molecule has 1 aliphatic rings. The van der Waals surface area contributed by atoms with Gasteiger partial charge in [-0.05, 0) is 60.5 Å². The van der Waals surface area contributed by atoms with Crippen LogP contribution in [0.5, 0.6) is 0 Å². The van der Waals surface area contributed by atoms with Crippen LogP contribution in [-0.4, -0.2) is 17.1 Å². The Labute approximate surface area is 205 Å². The summed E-state index contributed by atoms with van der Waals surface area (Å²) in [5.41, 5.74) is 1.89. The molecule has 1 atom stereocenters. The first kappa shape index (κ1) is 22.9. The molecule has 4 rings (SSSR count). The minimum atomic E-state index is -0.594. The average Bonchev–Trinajstić information content (AvgIpc) is 3.13. The summed E-state index contributed by atoms with van der Waals surface area (Å²) < 4.78 is 0. The van der Waals surface area contributed by atoms with Crippen LogP contribution in [0.1, 0.15) is 5.56 Å². The van der Waals surface area contributed by atoms with E-state index in [4.69, 9.17) is 23.2 Å². The van der Waals surface area contributed by atoms with Gasteiger partial charge in [-0.25, -0.2) is 0 Å².